The van der Waals surface area contributed by atoms with E-state index < -0.39 is 12.1 Å². The smallest absolute Gasteiger partial charge is 0.475 e. The molecule has 4 fully saturated rings. The van der Waals surface area contributed by atoms with E-state index in [0.29, 0.717) is 40.5 Å². The fourth-order valence-electron chi connectivity index (χ4n) is 7.97. The van der Waals surface area contributed by atoms with Gasteiger partial charge in [-0.25, -0.2) is 9.59 Å². The summed E-state index contributed by atoms with van der Waals surface area (Å²) in [5.41, 5.74) is 1.04. The maximum Gasteiger partial charge on any atom is 0.490 e. The Hall–Kier alpha value is -2.24. The van der Waals surface area contributed by atoms with Crippen molar-refractivity contribution in [1.82, 2.24) is 14.7 Å². The molecule has 1 atom stereocenters. The van der Waals surface area contributed by atoms with E-state index in [0.717, 1.165) is 63.8 Å². The van der Waals surface area contributed by atoms with Gasteiger partial charge in [-0.05, 0) is 69.6 Å². The van der Waals surface area contributed by atoms with Crippen molar-refractivity contribution < 1.29 is 37.4 Å². The molecule has 0 radical (unpaired) electrons. The number of amides is 2. The van der Waals surface area contributed by atoms with Gasteiger partial charge in [0, 0.05) is 63.6 Å². The van der Waals surface area contributed by atoms with Crippen LogP contribution in [0.3, 0.4) is 0 Å². The Labute approximate surface area is 292 Å². The molecule has 1 N–H and O–H groups in total. The molecule has 48 heavy (non-hydrogen) atoms. The molecular formula is C35H50Cl2F3N3O5. The zero-order valence-electron chi connectivity index (χ0n) is 28.3. The predicted octanol–water partition coefficient (Wildman–Crippen LogP) is 8.60. The van der Waals surface area contributed by atoms with Crippen LogP contribution in [0.25, 0.3) is 0 Å². The van der Waals surface area contributed by atoms with Crippen molar-refractivity contribution in [1.29, 1.82) is 0 Å². The van der Waals surface area contributed by atoms with Gasteiger partial charge in [-0.1, -0.05) is 62.2 Å². The van der Waals surface area contributed by atoms with Crippen LogP contribution in [0.5, 0.6) is 0 Å². The minimum atomic E-state index is -5.08. The molecule has 13 heteroatoms. The molecule has 8 nitrogen and oxygen atoms in total. The summed E-state index contributed by atoms with van der Waals surface area (Å²) >= 11 is 12.9. The van der Waals surface area contributed by atoms with Crippen molar-refractivity contribution in [3.63, 3.8) is 0 Å². The summed E-state index contributed by atoms with van der Waals surface area (Å²) in [7, 11) is 0. The normalized spacial score (nSPS) is 23.3. The van der Waals surface area contributed by atoms with Crippen molar-refractivity contribution in [2.45, 2.75) is 115 Å². The van der Waals surface area contributed by atoms with Crippen molar-refractivity contribution in [3.05, 3.63) is 33.3 Å². The first-order valence-corrected chi connectivity index (χ1v) is 18.1. The first kappa shape index (κ1) is 38.6. The lowest BCUT2D eigenvalue weighted by atomic mass is 9.74. The second-order valence-electron chi connectivity index (χ2n) is 14.4. The van der Waals surface area contributed by atoms with Crippen LogP contribution in [0, 0.1) is 18.8 Å². The number of hydrogen-bond acceptors (Lipinski definition) is 5. The molecule has 3 heterocycles. The number of aliphatic carboxylic acids is 1. The fourth-order valence-corrected chi connectivity index (χ4v) is 8.73. The van der Waals surface area contributed by atoms with Gasteiger partial charge in [-0.2, -0.15) is 13.2 Å². The van der Waals surface area contributed by atoms with Crippen LogP contribution in [0.1, 0.15) is 107 Å². The highest BCUT2D eigenvalue weighted by molar-refractivity contribution is 6.39. The van der Waals surface area contributed by atoms with E-state index in [1.54, 1.807) is 12.1 Å². The van der Waals surface area contributed by atoms with Gasteiger partial charge >= 0.3 is 18.2 Å². The van der Waals surface area contributed by atoms with Gasteiger partial charge in [0.15, 0.2) is 0 Å². The number of carbonyl (C=O) groups excluding carboxylic acids is 2. The van der Waals surface area contributed by atoms with Gasteiger partial charge in [0.25, 0.3) is 5.91 Å². The predicted molar refractivity (Wildman–Crippen MR) is 180 cm³/mol. The maximum atomic E-state index is 13.3. The molecule has 5 rings (SSSR count). The molecule has 1 aromatic carbocycles. The summed E-state index contributed by atoms with van der Waals surface area (Å²) in [6, 6.07) is 3.61. The first-order chi connectivity index (χ1) is 22.6. The zero-order valence-corrected chi connectivity index (χ0v) is 29.9. The molecular weight excluding hydrogens is 670 g/mol. The third kappa shape index (κ3) is 9.30. The number of carboxylic acids is 1. The average molecular weight is 721 g/mol. The molecule has 1 aliphatic carbocycles. The Kier molecular flexibility index (Phi) is 13.0. The van der Waals surface area contributed by atoms with Crippen molar-refractivity contribution in [2.75, 3.05) is 39.3 Å². The maximum absolute atomic E-state index is 13.3. The van der Waals surface area contributed by atoms with Crippen LogP contribution in [0.15, 0.2) is 12.1 Å². The zero-order chi connectivity index (χ0) is 35.3. The van der Waals surface area contributed by atoms with Crippen LogP contribution >= 0.6 is 23.2 Å². The molecule has 0 aromatic heterocycles. The van der Waals surface area contributed by atoms with E-state index in [1.807, 2.05) is 11.8 Å². The average Bonchev–Trinajstić information content (AvgIpc) is 3.02. The summed E-state index contributed by atoms with van der Waals surface area (Å²) in [6.07, 6.45) is 8.34. The Bertz CT molecular complexity index is 1270. The Morgan fingerprint density at radius 2 is 1.56 bits per heavy atom. The molecule has 1 unspecified atom stereocenters. The molecule has 3 saturated heterocycles. The van der Waals surface area contributed by atoms with Gasteiger partial charge in [0.2, 0.25) is 0 Å². The number of piperidine rings is 2. The van der Waals surface area contributed by atoms with Crippen molar-refractivity contribution >= 4 is 41.2 Å². The van der Waals surface area contributed by atoms with Gasteiger partial charge in [0.05, 0.1) is 15.6 Å². The van der Waals surface area contributed by atoms with E-state index in [1.165, 1.54) is 44.9 Å². The molecule has 4 aliphatic rings. The number of likely N-dealkylation sites (tertiary alicyclic amines) is 2. The number of unbranched alkanes of at least 4 members (excludes halogenated alkanes) is 1. The second-order valence-corrected chi connectivity index (χ2v) is 15.2. The number of hydrogen-bond donors (Lipinski definition) is 1. The quantitative estimate of drug-likeness (QED) is 0.304. The minimum absolute atomic E-state index is 0.0177. The Balaban J connectivity index is 0.000000671. The van der Waals surface area contributed by atoms with Crippen LogP contribution in [0.2, 0.25) is 10.0 Å². The lowest BCUT2D eigenvalue weighted by molar-refractivity contribution is -0.192. The lowest BCUT2D eigenvalue weighted by Crippen LogP contribution is -2.63. The molecule has 1 saturated carbocycles. The fraction of sp³-hybridized carbons (Fsp3) is 0.743. The largest absolute Gasteiger partial charge is 0.490 e. The number of rotatable bonds is 7. The third-order valence-corrected chi connectivity index (χ3v) is 11.6. The van der Waals surface area contributed by atoms with E-state index in [2.05, 4.69) is 23.6 Å². The van der Waals surface area contributed by atoms with Crippen LogP contribution < -0.4 is 0 Å². The molecule has 1 aromatic rings. The van der Waals surface area contributed by atoms with E-state index in [9.17, 15) is 22.8 Å². The second kappa shape index (κ2) is 16.2. The summed E-state index contributed by atoms with van der Waals surface area (Å²) in [5, 5.41) is 7.97. The minimum Gasteiger partial charge on any atom is -0.475 e. The third-order valence-electron chi connectivity index (χ3n) is 11.0. The number of alkyl halides is 3. The van der Waals surface area contributed by atoms with Crippen LogP contribution in [-0.2, 0) is 9.53 Å². The highest BCUT2D eigenvalue weighted by Gasteiger charge is 2.51. The molecule has 0 bridgehead atoms. The van der Waals surface area contributed by atoms with Crippen LogP contribution in [-0.4, -0.2) is 94.4 Å². The standard InChI is InChI=1S/C33H49Cl2N3O3.C2HF3O2/c1-4-5-11-26-23-37(22-25-9-7-6-8-10-25)31(40)41-33(26)14-18-38(19-15-33)32(3)12-16-36(17-13-32)30(39)29-27(34)20-24(2)21-28(29)35;3-2(4,5)1(6)7/h20-21,25-26H,4-19,22-23H2,1-3H3;(H,6,7). The number of benzene rings is 1. The van der Waals surface area contributed by atoms with Gasteiger partial charge < -0.3 is 19.6 Å². The molecule has 3 aliphatic heterocycles. The number of carboxylic acid groups (broad SMARTS) is 1. The monoisotopic (exact) mass is 719 g/mol. The summed E-state index contributed by atoms with van der Waals surface area (Å²) in [4.78, 5) is 42.1. The first-order valence-electron chi connectivity index (χ1n) is 17.4. The molecule has 2 amide bonds. The van der Waals surface area contributed by atoms with Crippen LogP contribution in [0.4, 0.5) is 18.0 Å². The lowest BCUT2D eigenvalue weighted by Gasteiger charge is -2.55. The topological polar surface area (TPSA) is 90.4 Å². The number of aryl methyl sites for hydroxylation is 1. The summed E-state index contributed by atoms with van der Waals surface area (Å²) in [6.45, 7) is 11.5. The van der Waals surface area contributed by atoms with E-state index in [4.69, 9.17) is 37.8 Å². The number of nitrogens with zero attached hydrogens (tertiary/aromatic N) is 3. The van der Waals surface area contributed by atoms with E-state index in [-0.39, 0.29) is 23.1 Å². The SMILES string of the molecule is CCCCC1CN(CC2CCCCC2)C(=O)OC12CCN(C1(C)CCN(C(=O)c3c(Cl)cc(C)cc3Cl)CC1)CC2.O=C(O)C(F)(F)F. The van der Waals surface area contributed by atoms with Crippen molar-refractivity contribution in [2.24, 2.45) is 11.8 Å². The molecule has 270 valence electrons. The van der Waals surface area contributed by atoms with Gasteiger partial charge in [-0.15, -0.1) is 0 Å². The Morgan fingerprint density at radius 3 is 2.08 bits per heavy atom. The number of carbonyl (C=O) groups is 3. The summed E-state index contributed by atoms with van der Waals surface area (Å²) in [5.74, 6) is -1.80. The highest BCUT2D eigenvalue weighted by Crippen LogP contribution is 2.44. The number of ether oxygens (including phenoxy) is 1. The van der Waals surface area contributed by atoms with Gasteiger partial charge in [0.1, 0.15) is 5.60 Å². The summed E-state index contributed by atoms with van der Waals surface area (Å²) < 4.78 is 38.2. The highest BCUT2D eigenvalue weighted by atomic mass is 35.5. The molecule has 1 spiro atoms. The van der Waals surface area contributed by atoms with Crippen molar-refractivity contribution in [3.8, 4) is 0 Å². The number of halogens is 5. The van der Waals surface area contributed by atoms with Gasteiger partial charge in [-0.3, -0.25) is 9.69 Å². The Morgan fingerprint density at radius 1 is 1.00 bits per heavy atom. The van der Waals surface area contributed by atoms with E-state index >= 15 is 0 Å².